The van der Waals surface area contributed by atoms with Crippen LogP contribution in [0.4, 0.5) is 8.78 Å². The number of halogens is 3. The van der Waals surface area contributed by atoms with Crippen LogP contribution in [-0.4, -0.2) is 19.6 Å². The first-order valence-corrected chi connectivity index (χ1v) is 5.32. The highest BCUT2D eigenvalue weighted by molar-refractivity contribution is 9.10. The summed E-state index contributed by atoms with van der Waals surface area (Å²) in [7, 11) is 0. The number of hydrogen-bond donors (Lipinski definition) is 1. The summed E-state index contributed by atoms with van der Waals surface area (Å²) in [4.78, 5) is 0. The van der Waals surface area contributed by atoms with Gasteiger partial charge in [0.2, 0.25) is 0 Å². The highest BCUT2D eigenvalue weighted by atomic mass is 79.9. The molecular formula is C10H12BrF2NO. The van der Waals surface area contributed by atoms with Crippen LogP contribution in [-0.2, 0) is 6.42 Å². The van der Waals surface area contributed by atoms with Gasteiger partial charge >= 0.3 is 0 Å². The zero-order chi connectivity index (χ0) is 11.3. The first-order chi connectivity index (χ1) is 7.13. The third-order valence-corrected chi connectivity index (χ3v) is 2.58. The molecule has 1 rings (SSSR count). The summed E-state index contributed by atoms with van der Waals surface area (Å²) in [5.41, 5.74) is 6.38. The Morgan fingerprint density at radius 3 is 2.73 bits per heavy atom. The van der Waals surface area contributed by atoms with E-state index in [0.717, 1.165) is 10.0 Å². The van der Waals surface area contributed by atoms with Gasteiger partial charge in [0.15, 0.2) is 0 Å². The van der Waals surface area contributed by atoms with Crippen molar-refractivity contribution >= 4 is 15.9 Å². The van der Waals surface area contributed by atoms with Crippen LogP contribution in [0.5, 0.6) is 5.75 Å². The van der Waals surface area contributed by atoms with Crippen LogP contribution in [0.15, 0.2) is 22.7 Å². The van der Waals surface area contributed by atoms with Gasteiger partial charge in [-0.3, -0.25) is 0 Å². The molecule has 0 atom stereocenters. The van der Waals surface area contributed by atoms with Gasteiger partial charge in [-0.2, -0.15) is 0 Å². The van der Waals surface area contributed by atoms with Crippen LogP contribution in [0.2, 0.25) is 0 Å². The van der Waals surface area contributed by atoms with Gasteiger partial charge in [0.25, 0.3) is 6.43 Å². The number of rotatable bonds is 5. The molecule has 0 unspecified atom stereocenters. The quantitative estimate of drug-likeness (QED) is 0.899. The third-order valence-electron chi connectivity index (χ3n) is 1.81. The monoisotopic (exact) mass is 279 g/mol. The van der Waals surface area contributed by atoms with Crippen molar-refractivity contribution in [3.05, 3.63) is 28.2 Å². The lowest BCUT2D eigenvalue weighted by Crippen LogP contribution is -2.08. The van der Waals surface area contributed by atoms with Crippen LogP contribution in [0.1, 0.15) is 5.56 Å². The van der Waals surface area contributed by atoms with E-state index < -0.39 is 13.0 Å². The molecule has 0 aliphatic carbocycles. The average Bonchev–Trinajstić information content (AvgIpc) is 2.19. The molecule has 0 saturated heterocycles. The Kier molecular flexibility index (Phi) is 4.98. The van der Waals surface area contributed by atoms with Crippen molar-refractivity contribution in [1.29, 1.82) is 0 Å². The Labute approximate surface area is 95.5 Å². The molecule has 0 bridgehead atoms. The van der Waals surface area contributed by atoms with Crippen molar-refractivity contribution < 1.29 is 13.5 Å². The molecule has 5 heteroatoms. The predicted octanol–water partition coefficient (Wildman–Crippen LogP) is 2.59. The van der Waals surface area contributed by atoms with E-state index >= 15 is 0 Å². The number of hydrogen-bond acceptors (Lipinski definition) is 2. The third kappa shape index (κ3) is 4.13. The molecular weight excluding hydrogens is 268 g/mol. The van der Waals surface area contributed by atoms with Crippen LogP contribution >= 0.6 is 15.9 Å². The van der Waals surface area contributed by atoms with E-state index in [0.29, 0.717) is 18.7 Å². The van der Waals surface area contributed by atoms with E-state index in [2.05, 4.69) is 15.9 Å². The second-order valence-corrected chi connectivity index (χ2v) is 3.85. The van der Waals surface area contributed by atoms with Gasteiger partial charge in [-0.15, -0.1) is 0 Å². The summed E-state index contributed by atoms with van der Waals surface area (Å²) in [5, 5.41) is 0. The molecule has 15 heavy (non-hydrogen) atoms. The molecule has 1 aromatic rings. The second kappa shape index (κ2) is 6.02. The Morgan fingerprint density at radius 2 is 2.13 bits per heavy atom. The van der Waals surface area contributed by atoms with E-state index in [4.69, 9.17) is 10.5 Å². The Morgan fingerprint density at radius 1 is 1.40 bits per heavy atom. The van der Waals surface area contributed by atoms with Crippen molar-refractivity contribution in [3.8, 4) is 5.75 Å². The van der Waals surface area contributed by atoms with E-state index in [-0.39, 0.29) is 0 Å². The SMILES string of the molecule is NCCc1cc(OCC(F)F)ccc1Br. The zero-order valence-corrected chi connectivity index (χ0v) is 9.64. The number of benzene rings is 1. The van der Waals surface area contributed by atoms with Crippen LogP contribution in [0.25, 0.3) is 0 Å². The second-order valence-electron chi connectivity index (χ2n) is 2.99. The Balaban J connectivity index is 2.69. The highest BCUT2D eigenvalue weighted by Crippen LogP contribution is 2.23. The maximum absolute atomic E-state index is 11.9. The Bertz CT molecular complexity index is 320. The standard InChI is InChI=1S/C10H12BrF2NO/c11-9-2-1-8(15-6-10(12)13)5-7(9)3-4-14/h1-2,5,10H,3-4,6,14H2. The van der Waals surface area contributed by atoms with E-state index in [1.54, 1.807) is 18.2 Å². The summed E-state index contributed by atoms with van der Waals surface area (Å²) in [6.07, 6.45) is -1.77. The number of ether oxygens (including phenoxy) is 1. The minimum Gasteiger partial charge on any atom is -0.488 e. The first kappa shape index (κ1) is 12.4. The fourth-order valence-electron chi connectivity index (χ4n) is 1.15. The van der Waals surface area contributed by atoms with Crippen LogP contribution in [0.3, 0.4) is 0 Å². The lowest BCUT2D eigenvalue weighted by Gasteiger charge is -2.08. The summed E-state index contributed by atoms with van der Waals surface area (Å²) in [6, 6.07) is 5.14. The smallest absolute Gasteiger partial charge is 0.272 e. The van der Waals surface area contributed by atoms with Crippen LogP contribution in [0, 0.1) is 0 Å². The maximum Gasteiger partial charge on any atom is 0.272 e. The van der Waals surface area contributed by atoms with Crippen molar-refractivity contribution in [3.63, 3.8) is 0 Å². The topological polar surface area (TPSA) is 35.2 Å². The molecule has 0 aromatic heterocycles. The van der Waals surface area contributed by atoms with Gasteiger partial charge < -0.3 is 10.5 Å². The molecule has 0 saturated carbocycles. The van der Waals surface area contributed by atoms with Gasteiger partial charge in [-0.1, -0.05) is 15.9 Å². The van der Waals surface area contributed by atoms with E-state index in [1.165, 1.54) is 0 Å². The lowest BCUT2D eigenvalue weighted by atomic mass is 10.1. The van der Waals surface area contributed by atoms with Crippen molar-refractivity contribution in [2.24, 2.45) is 5.73 Å². The Hall–Kier alpha value is -0.680. The van der Waals surface area contributed by atoms with Crippen molar-refractivity contribution in [1.82, 2.24) is 0 Å². The molecule has 2 N–H and O–H groups in total. The molecule has 0 fully saturated rings. The first-order valence-electron chi connectivity index (χ1n) is 4.53. The minimum absolute atomic E-state index is 0.446. The molecule has 0 heterocycles. The molecule has 0 aliphatic rings. The van der Waals surface area contributed by atoms with Gasteiger partial charge in [-0.25, -0.2) is 8.78 Å². The highest BCUT2D eigenvalue weighted by Gasteiger charge is 2.05. The average molecular weight is 280 g/mol. The van der Waals surface area contributed by atoms with Gasteiger partial charge in [0.05, 0.1) is 0 Å². The molecule has 84 valence electrons. The molecule has 1 aromatic carbocycles. The molecule has 0 spiro atoms. The van der Waals surface area contributed by atoms with Crippen LogP contribution < -0.4 is 10.5 Å². The fourth-order valence-corrected chi connectivity index (χ4v) is 1.59. The van der Waals surface area contributed by atoms with Gasteiger partial charge in [0.1, 0.15) is 12.4 Å². The maximum atomic E-state index is 11.9. The van der Waals surface area contributed by atoms with Gasteiger partial charge in [0, 0.05) is 4.47 Å². The van der Waals surface area contributed by atoms with E-state index in [1.807, 2.05) is 0 Å². The molecule has 2 nitrogen and oxygen atoms in total. The zero-order valence-electron chi connectivity index (χ0n) is 8.05. The molecule has 0 amide bonds. The fraction of sp³-hybridized carbons (Fsp3) is 0.400. The lowest BCUT2D eigenvalue weighted by molar-refractivity contribution is 0.0818. The number of alkyl halides is 2. The van der Waals surface area contributed by atoms with Gasteiger partial charge in [-0.05, 0) is 36.7 Å². The summed E-state index contributed by atoms with van der Waals surface area (Å²) in [5.74, 6) is 0.446. The summed E-state index contributed by atoms with van der Waals surface area (Å²) >= 11 is 3.35. The largest absolute Gasteiger partial charge is 0.488 e. The summed E-state index contributed by atoms with van der Waals surface area (Å²) < 4.78 is 29.6. The number of nitrogens with two attached hydrogens (primary N) is 1. The van der Waals surface area contributed by atoms with Crippen molar-refractivity contribution in [2.75, 3.05) is 13.2 Å². The molecule has 0 aliphatic heterocycles. The normalized spacial score (nSPS) is 10.7. The minimum atomic E-state index is -2.45. The molecule has 0 radical (unpaired) electrons. The van der Waals surface area contributed by atoms with Crippen molar-refractivity contribution in [2.45, 2.75) is 12.8 Å². The van der Waals surface area contributed by atoms with E-state index in [9.17, 15) is 8.78 Å². The summed E-state index contributed by atoms with van der Waals surface area (Å²) in [6.45, 7) is -0.0689. The predicted molar refractivity (Wildman–Crippen MR) is 58.4 cm³/mol.